The molecule has 5 nitrogen and oxygen atoms in total. The third-order valence-corrected chi connectivity index (χ3v) is 5.30. The van der Waals surface area contributed by atoms with Gasteiger partial charge in [-0.05, 0) is 55.9 Å². The summed E-state index contributed by atoms with van der Waals surface area (Å²) < 4.78 is 5.41. The molecule has 0 aliphatic heterocycles. The van der Waals surface area contributed by atoms with Crippen molar-refractivity contribution in [2.24, 2.45) is 11.3 Å². The average molecular weight is 381 g/mol. The smallest absolute Gasteiger partial charge is 0.308 e. The number of ether oxygens (including phenoxy) is 1. The maximum absolute atomic E-state index is 12.7. The summed E-state index contributed by atoms with van der Waals surface area (Å²) in [5.41, 5.74) is 1.68. The van der Waals surface area contributed by atoms with E-state index in [1.807, 2.05) is 61.5 Å². The SMILES string of the molecule is CCOc1ccc(CC(CNC(=O)C2(Cc3ccccc3)CC2)C(=O)O)cc1. The van der Waals surface area contributed by atoms with Gasteiger partial charge in [-0.25, -0.2) is 0 Å². The van der Waals surface area contributed by atoms with Crippen LogP contribution in [0.2, 0.25) is 0 Å². The molecule has 0 spiro atoms. The fraction of sp³-hybridized carbons (Fsp3) is 0.391. The third-order valence-electron chi connectivity index (χ3n) is 5.30. The number of aliphatic carboxylic acids is 1. The average Bonchev–Trinajstić information content (AvgIpc) is 3.47. The van der Waals surface area contributed by atoms with Gasteiger partial charge in [0, 0.05) is 6.54 Å². The predicted molar refractivity (Wildman–Crippen MR) is 107 cm³/mol. The third kappa shape index (κ3) is 5.12. The lowest BCUT2D eigenvalue weighted by molar-refractivity contribution is -0.141. The molecule has 1 unspecified atom stereocenters. The molecule has 1 aliphatic rings. The highest BCUT2D eigenvalue weighted by atomic mass is 16.5. The van der Waals surface area contributed by atoms with Gasteiger partial charge in [-0.15, -0.1) is 0 Å². The lowest BCUT2D eigenvalue weighted by Gasteiger charge is -2.18. The minimum Gasteiger partial charge on any atom is -0.494 e. The Bertz CT molecular complexity index is 797. The first-order valence-corrected chi connectivity index (χ1v) is 9.79. The normalized spacial score (nSPS) is 15.5. The molecule has 2 aromatic carbocycles. The first kappa shape index (κ1) is 19.9. The summed E-state index contributed by atoms with van der Waals surface area (Å²) in [6.45, 7) is 2.65. The van der Waals surface area contributed by atoms with E-state index in [0.29, 0.717) is 19.4 Å². The van der Waals surface area contributed by atoms with E-state index in [1.54, 1.807) is 0 Å². The molecule has 0 radical (unpaired) electrons. The molecule has 28 heavy (non-hydrogen) atoms. The highest BCUT2D eigenvalue weighted by Gasteiger charge is 2.49. The van der Waals surface area contributed by atoms with Crippen LogP contribution in [0.4, 0.5) is 0 Å². The van der Waals surface area contributed by atoms with E-state index in [0.717, 1.165) is 29.7 Å². The van der Waals surface area contributed by atoms with Crippen LogP contribution in [0.5, 0.6) is 5.75 Å². The van der Waals surface area contributed by atoms with Crippen molar-refractivity contribution in [1.82, 2.24) is 5.32 Å². The van der Waals surface area contributed by atoms with E-state index in [4.69, 9.17) is 4.74 Å². The zero-order valence-corrected chi connectivity index (χ0v) is 16.2. The second-order valence-electron chi connectivity index (χ2n) is 7.47. The summed E-state index contributed by atoms with van der Waals surface area (Å²) in [7, 11) is 0. The van der Waals surface area contributed by atoms with Gasteiger partial charge in [0.05, 0.1) is 17.9 Å². The topological polar surface area (TPSA) is 75.6 Å². The van der Waals surface area contributed by atoms with Gasteiger partial charge in [0.15, 0.2) is 0 Å². The molecular weight excluding hydrogens is 354 g/mol. The second kappa shape index (κ2) is 8.91. The number of benzene rings is 2. The van der Waals surface area contributed by atoms with E-state index >= 15 is 0 Å². The number of nitrogens with one attached hydrogen (secondary N) is 1. The zero-order valence-electron chi connectivity index (χ0n) is 16.2. The number of carboxylic acid groups (broad SMARTS) is 1. The van der Waals surface area contributed by atoms with Crippen LogP contribution >= 0.6 is 0 Å². The second-order valence-corrected chi connectivity index (χ2v) is 7.47. The van der Waals surface area contributed by atoms with Crippen molar-refractivity contribution in [2.75, 3.05) is 13.2 Å². The standard InChI is InChI=1S/C23H27NO4/c1-2-28-20-10-8-17(9-11-20)14-19(21(25)26)16-24-22(27)23(12-13-23)15-18-6-4-3-5-7-18/h3-11,19H,2,12-16H2,1H3,(H,24,27)(H,25,26). The van der Waals surface area contributed by atoms with Gasteiger partial charge in [-0.2, -0.15) is 0 Å². The molecule has 148 valence electrons. The molecule has 0 bridgehead atoms. The lowest BCUT2D eigenvalue weighted by Crippen LogP contribution is -2.39. The molecule has 1 saturated carbocycles. The molecular formula is C23H27NO4. The Balaban J connectivity index is 1.56. The van der Waals surface area contributed by atoms with Crippen LogP contribution in [0.1, 0.15) is 30.9 Å². The monoisotopic (exact) mass is 381 g/mol. The van der Waals surface area contributed by atoms with Crippen molar-refractivity contribution in [2.45, 2.75) is 32.6 Å². The predicted octanol–water partition coefficient (Wildman–Crippen LogP) is 3.47. The van der Waals surface area contributed by atoms with Crippen molar-refractivity contribution in [1.29, 1.82) is 0 Å². The molecule has 0 heterocycles. The molecule has 1 aliphatic carbocycles. The quantitative estimate of drug-likeness (QED) is 0.661. The lowest BCUT2D eigenvalue weighted by atomic mass is 9.94. The van der Waals surface area contributed by atoms with Crippen molar-refractivity contribution in [3.05, 3.63) is 65.7 Å². The van der Waals surface area contributed by atoms with Gasteiger partial charge in [0.1, 0.15) is 5.75 Å². The van der Waals surface area contributed by atoms with Crippen LogP contribution in [0.25, 0.3) is 0 Å². The summed E-state index contributed by atoms with van der Waals surface area (Å²) in [6.07, 6.45) is 2.78. The first-order valence-electron chi connectivity index (χ1n) is 9.79. The minimum absolute atomic E-state index is 0.0331. The molecule has 0 aromatic heterocycles. The van der Waals surface area contributed by atoms with Crippen LogP contribution in [0.15, 0.2) is 54.6 Å². The highest BCUT2D eigenvalue weighted by Crippen LogP contribution is 2.48. The summed E-state index contributed by atoms with van der Waals surface area (Å²) >= 11 is 0. The largest absolute Gasteiger partial charge is 0.494 e. The molecule has 2 N–H and O–H groups in total. The summed E-state index contributed by atoms with van der Waals surface area (Å²) in [4.78, 5) is 24.4. The number of hydrogen-bond donors (Lipinski definition) is 2. The minimum atomic E-state index is -0.901. The van der Waals surface area contributed by atoms with Gasteiger partial charge in [-0.3, -0.25) is 9.59 Å². The number of carbonyl (C=O) groups excluding carboxylic acids is 1. The number of hydrogen-bond acceptors (Lipinski definition) is 3. The van der Waals surface area contributed by atoms with Gasteiger partial charge < -0.3 is 15.2 Å². The van der Waals surface area contributed by atoms with Crippen molar-refractivity contribution >= 4 is 11.9 Å². The first-order chi connectivity index (χ1) is 13.5. The fourth-order valence-corrected chi connectivity index (χ4v) is 3.44. The summed E-state index contributed by atoms with van der Waals surface area (Å²) in [6, 6.07) is 17.4. The molecule has 5 heteroatoms. The van der Waals surface area contributed by atoms with Crippen molar-refractivity contribution < 1.29 is 19.4 Å². The fourth-order valence-electron chi connectivity index (χ4n) is 3.44. The Kier molecular flexibility index (Phi) is 6.34. The molecule has 1 amide bonds. The molecule has 1 atom stereocenters. The highest BCUT2D eigenvalue weighted by molar-refractivity contribution is 5.86. The van der Waals surface area contributed by atoms with Crippen LogP contribution < -0.4 is 10.1 Å². The van der Waals surface area contributed by atoms with Gasteiger partial charge in [0.25, 0.3) is 0 Å². The molecule has 1 fully saturated rings. The van der Waals surface area contributed by atoms with Crippen LogP contribution in [0, 0.1) is 11.3 Å². The Morgan fingerprint density at radius 2 is 1.75 bits per heavy atom. The maximum atomic E-state index is 12.7. The van der Waals surface area contributed by atoms with Gasteiger partial charge in [-0.1, -0.05) is 42.5 Å². The van der Waals surface area contributed by atoms with Crippen molar-refractivity contribution in [3.8, 4) is 5.75 Å². The van der Waals surface area contributed by atoms with E-state index < -0.39 is 11.9 Å². The molecule has 0 saturated heterocycles. The van der Waals surface area contributed by atoms with Gasteiger partial charge >= 0.3 is 5.97 Å². The number of carbonyl (C=O) groups is 2. The Morgan fingerprint density at radius 1 is 1.07 bits per heavy atom. The number of rotatable bonds is 10. The summed E-state index contributed by atoms with van der Waals surface area (Å²) in [5.74, 6) is -0.825. The van der Waals surface area contributed by atoms with Gasteiger partial charge in [0.2, 0.25) is 5.91 Å². The van der Waals surface area contributed by atoms with Crippen LogP contribution in [0.3, 0.4) is 0 Å². The zero-order chi connectivity index (χ0) is 20.0. The Hall–Kier alpha value is -2.82. The maximum Gasteiger partial charge on any atom is 0.308 e. The van der Waals surface area contributed by atoms with Crippen LogP contribution in [-0.4, -0.2) is 30.1 Å². The number of carboxylic acids is 1. The Morgan fingerprint density at radius 3 is 2.32 bits per heavy atom. The summed E-state index contributed by atoms with van der Waals surface area (Å²) in [5, 5.41) is 12.5. The van der Waals surface area contributed by atoms with E-state index in [2.05, 4.69) is 5.32 Å². The Labute approximate surface area is 165 Å². The van der Waals surface area contributed by atoms with E-state index in [9.17, 15) is 14.7 Å². The van der Waals surface area contributed by atoms with E-state index in [-0.39, 0.29) is 17.9 Å². The van der Waals surface area contributed by atoms with Crippen LogP contribution in [-0.2, 0) is 22.4 Å². The molecule has 3 rings (SSSR count). The molecule has 2 aromatic rings. The van der Waals surface area contributed by atoms with E-state index in [1.165, 1.54) is 0 Å². The van der Waals surface area contributed by atoms with Crippen molar-refractivity contribution in [3.63, 3.8) is 0 Å². The number of amides is 1.